The highest BCUT2D eigenvalue weighted by molar-refractivity contribution is 7.99. The molecule has 0 amide bonds. The van der Waals surface area contributed by atoms with Crippen LogP contribution in [0.3, 0.4) is 0 Å². The van der Waals surface area contributed by atoms with Crippen molar-refractivity contribution in [1.82, 2.24) is 0 Å². The number of hydrogen-bond acceptors (Lipinski definition) is 7. The molecule has 7 heteroatoms. The number of rotatable bonds is 8. The van der Waals surface area contributed by atoms with Gasteiger partial charge in [0.1, 0.15) is 11.5 Å². The first-order chi connectivity index (χ1) is 33.4. The molecule has 6 nitrogen and oxygen atoms in total. The lowest BCUT2D eigenvalue weighted by Crippen LogP contribution is -2.38. The molecule has 9 aromatic carbocycles. The Hall–Kier alpha value is -8.49. The molecule has 0 aliphatic carbocycles. The maximum atomic E-state index is 10.9. The highest BCUT2D eigenvalue weighted by Crippen LogP contribution is 2.61. The number of anilines is 6. The second-order valence-corrected chi connectivity index (χ2v) is 18.2. The molecule has 326 valence electrons. The molecule has 2 aliphatic heterocycles. The fourth-order valence-electron chi connectivity index (χ4n) is 10.3. The zero-order valence-corrected chi connectivity index (χ0v) is 38.8. The summed E-state index contributed by atoms with van der Waals surface area (Å²) in [6, 6.07) is 72.7. The fourth-order valence-corrected chi connectivity index (χ4v) is 11.3. The average Bonchev–Trinajstić information content (AvgIpc) is 3.39. The lowest BCUT2D eigenvalue weighted by Gasteiger charge is -2.47. The summed E-state index contributed by atoms with van der Waals surface area (Å²) < 4.78 is 11.8. The van der Waals surface area contributed by atoms with Crippen molar-refractivity contribution in [1.29, 1.82) is 10.5 Å². The molecule has 0 saturated carbocycles. The molecule has 0 radical (unpaired) electrons. The van der Waals surface area contributed by atoms with Crippen LogP contribution in [-0.4, -0.2) is 14.2 Å². The average molecular weight is 897 g/mol. The topological polar surface area (TPSA) is 72.5 Å². The minimum atomic E-state index is -0.712. The summed E-state index contributed by atoms with van der Waals surface area (Å²) in [5, 5.41) is 21.7. The van der Waals surface area contributed by atoms with E-state index < -0.39 is 5.41 Å². The van der Waals surface area contributed by atoms with Gasteiger partial charge >= 0.3 is 0 Å². The molecule has 9 aromatic rings. The number of benzene rings is 9. The molecule has 68 heavy (non-hydrogen) atoms. The van der Waals surface area contributed by atoms with E-state index in [9.17, 15) is 10.5 Å². The first kappa shape index (κ1) is 42.2. The number of nitrogens with zero attached hydrogens (tertiary/aromatic N) is 4. The smallest absolute Gasteiger partial charge is 0.121 e. The van der Waals surface area contributed by atoms with Gasteiger partial charge in [-0.15, -0.1) is 0 Å². The van der Waals surface area contributed by atoms with Gasteiger partial charge < -0.3 is 19.3 Å². The Morgan fingerprint density at radius 2 is 0.838 bits per heavy atom. The summed E-state index contributed by atoms with van der Waals surface area (Å²) in [5.41, 5.74) is 15.9. The lowest BCUT2D eigenvalue weighted by atomic mass is 9.62. The quantitative estimate of drug-likeness (QED) is 0.150. The van der Waals surface area contributed by atoms with E-state index in [1.807, 2.05) is 60.7 Å². The molecule has 0 unspecified atom stereocenters. The summed E-state index contributed by atoms with van der Waals surface area (Å²) >= 11 is 1.69. The molecular weight excluding hydrogens is 853 g/mol. The van der Waals surface area contributed by atoms with Crippen LogP contribution in [0.15, 0.2) is 204 Å². The van der Waals surface area contributed by atoms with Crippen LogP contribution in [0, 0.1) is 36.5 Å². The second-order valence-electron chi connectivity index (χ2n) is 17.2. The highest BCUT2D eigenvalue weighted by Gasteiger charge is 2.47. The predicted octanol–water partition coefficient (Wildman–Crippen LogP) is 15.5. The monoisotopic (exact) mass is 896 g/mol. The Morgan fingerprint density at radius 1 is 0.412 bits per heavy atom. The van der Waals surface area contributed by atoms with Crippen LogP contribution in [0.4, 0.5) is 34.1 Å². The van der Waals surface area contributed by atoms with Gasteiger partial charge in [0, 0.05) is 44.2 Å². The predicted molar refractivity (Wildman–Crippen MR) is 275 cm³/mol. The minimum absolute atomic E-state index is 0.527. The number of ether oxygens (including phenoxy) is 2. The van der Waals surface area contributed by atoms with Gasteiger partial charge in [0.15, 0.2) is 0 Å². The Kier molecular flexibility index (Phi) is 10.6. The van der Waals surface area contributed by atoms with Crippen LogP contribution in [-0.2, 0) is 5.41 Å². The molecule has 2 heterocycles. The second kappa shape index (κ2) is 17.1. The summed E-state index contributed by atoms with van der Waals surface area (Å²) in [6.07, 6.45) is 0. The highest BCUT2D eigenvalue weighted by atomic mass is 32.2. The van der Waals surface area contributed by atoms with Crippen molar-refractivity contribution < 1.29 is 9.47 Å². The van der Waals surface area contributed by atoms with E-state index in [-0.39, 0.29) is 0 Å². The van der Waals surface area contributed by atoms with Crippen molar-refractivity contribution in [3.05, 3.63) is 239 Å². The van der Waals surface area contributed by atoms with Gasteiger partial charge in [-0.05, 0) is 96.8 Å². The third-order valence-electron chi connectivity index (χ3n) is 13.3. The fraction of sp³-hybridized carbons (Fsp3) is 0.0820. The van der Waals surface area contributed by atoms with Gasteiger partial charge in [-0.3, -0.25) is 0 Å². The lowest BCUT2D eigenvalue weighted by molar-refractivity contribution is 0.414. The van der Waals surface area contributed by atoms with Gasteiger partial charge in [-0.25, -0.2) is 0 Å². The third kappa shape index (κ3) is 6.70. The summed E-state index contributed by atoms with van der Waals surface area (Å²) in [4.78, 5) is 6.77. The largest absolute Gasteiger partial charge is 0.497 e. The number of nitriles is 2. The van der Waals surface area contributed by atoms with E-state index in [0.717, 1.165) is 99.5 Å². The molecule has 11 rings (SSSR count). The van der Waals surface area contributed by atoms with Gasteiger partial charge in [0.2, 0.25) is 0 Å². The van der Waals surface area contributed by atoms with Crippen molar-refractivity contribution in [3.8, 4) is 45.9 Å². The van der Waals surface area contributed by atoms with Gasteiger partial charge in [0.05, 0.1) is 77.0 Å². The molecular formula is C61H44N4O2S. The van der Waals surface area contributed by atoms with Crippen LogP contribution in [0.25, 0.3) is 22.3 Å². The van der Waals surface area contributed by atoms with Crippen molar-refractivity contribution in [3.63, 3.8) is 0 Å². The number of aryl methyl sites for hydroxylation is 2. The summed E-state index contributed by atoms with van der Waals surface area (Å²) in [6.45, 7) is 4.33. The standard InChI is InChI=1S/C61H44N4O2S/c1-39-23-27-53-51(31-39)61(43-17-7-5-8-18-43,44-19-9-6-10-20-44)52-32-40(2)24-28-54(52)64(53)55-36-56(65-57-33-45(66-3)25-29-59(57)68-60-30-26-46(67-4)34-58(60)65)50(48-22-14-12-16-42(48)38-63)35-49(55)47-21-13-11-15-41(47)37-62/h5-36H,1-4H3. The Balaban J connectivity index is 1.33. The minimum Gasteiger partial charge on any atom is -0.497 e. The molecule has 0 saturated heterocycles. The summed E-state index contributed by atoms with van der Waals surface area (Å²) in [5.74, 6) is 1.42. The number of methoxy groups -OCH3 is 2. The molecule has 0 bridgehead atoms. The van der Waals surface area contributed by atoms with E-state index in [4.69, 9.17) is 9.47 Å². The maximum Gasteiger partial charge on any atom is 0.121 e. The molecule has 0 fully saturated rings. The van der Waals surface area contributed by atoms with Gasteiger partial charge in [-0.2, -0.15) is 10.5 Å². The van der Waals surface area contributed by atoms with Crippen LogP contribution < -0.4 is 19.3 Å². The van der Waals surface area contributed by atoms with E-state index in [2.05, 4.69) is 169 Å². The number of hydrogen-bond donors (Lipinski definition) is 0. The normalized spacial score (nSPS) is 13.0. The number of fused-ring (bicyclic) bond motifs is 4. The van der Waals surface area contributed by atoms with Gasteiger partial charge in [0.25, 0.3) is 0 Å². The van der Waals surface area contributed by atoms with Crippen molar-refractivity contribution >= 4 is 45.9 Å². The zero-order valence-electron chi connectivity index (χ0n) is 38.0. The zero-order chi connectivity index (χ0) is 46.5. The van der Waals surface area contributed by atoms with Crippen LogP contribution >= 0.6 is 11.8 Å². The van der Waals surface area contributed by atoms with E-state index >= 15 is 0 Å². The van der Waals surface area contributed by atoms with E-state index in [1.54, 1.807) is 26.0 Å². The van der Waals surface area contributed by atoms with Crippen LogP contribution in [0.1, 0.15) is 44.5 Å². The van der Waals surface area contributed by atoms with Crippen LogP contribution in [0.5, 0.6) is 11.5 Å². The van der Waals surface area contributed by atoms with Crippen molar-refractivity contribution in [2.75, 3.05) is 24.0 Å². The van der Waals surface area contributed by atoms with E-state index in [0.29, 0.717) is 22.6 Å². The Morgan fingerprint density at radius 3 is 1.28 bits per heavy atom. The maximum absolute atomic E-state index is 10.9. The van der Waals surface area contributed by atoms with E-state index in [1.165, 1.54) is 0 Å². The Labute approximate surface area is 401 Å². The van der Waals surface area contributed by atoms with Gasteiger partial charge in [-0.1, -0.05) is 144 Å². The first-order valence-electron chi connectivity index (χ1n) is 22.5. The molecule has 2 aliphatic rings. The SMILES string of the molecule is COc1ccc2c(c1)N(c1cc(N3c4ccc(C)cc4C(c4ccccc4)(c4ccccc4)c4cc(C)ccc43)c(-c3ccccc3C#N)cc1-c1ccccc1C#N)c1cc(OC)ccc1S2. The van der Waals surface area contributed by atoms with Crippen molar-refractivity contribution in [2.24, 2.45) is 0 Å². The third-order valence-corrected chi connectivity index (χ3v) is 14.4. The van der Waals surface area contributed by atoms with Crippen molar-refractivity contribution in [2.45, 2.75) is 29.1 Å². The van der Waals surface area contributed by atoms with Crippen LogP contribution in [0.2, 0.25) is 0 Å². The Bertz CT molecular complexity index is 3390. The molecule has 0 aromatic heterocycles. The molecule has 0 N–H and O–H groups in total. The molecule has 0 atom stereocenters. The molecule has 0 spiro atoms. The first-order valence-corrected chi connectivity index (χ1v) is 23.3. The summed E-state index contributed by atoms with van der Waals surface area (Å²) in [7, 11) is 3.37.